The molecule has 1 unspecified atom stereocenters. The zero-order valence-corrected chi connectivity index (χ0v) is 16.6. The number of nitro benzene ring substituents is 1. The fourth-order valence-corrected chi connectivity index (χ4v) is 2.39. The van der Waals surface area contributed by atoms with Crippen molar-refractivity contribution in [1.82, 2.24) is 0 Å². The van der Waals surface area contributed by atoms with Gasteiger partial charge in [0, 0.05) is 17.8 Å². The number of nitro groups is 1. The molecular weight excluding hydrogens is 408 g/mol. The maximum Gasteiger partial charge on any atom is 0.338 e. The number of non-ortho nitro benzene ring substituents is 1. The van der Waals surface area contributed by atoms with Gasteiger partial charge in [0.25, 0.3) is 11.6 Å². The molecule has 0 aliphatic carbocycles. The van der Waals surface area contributed by atoms with Crippen LogP contribution in [0.15, 0.2) is 42.5 Å². The zero-order valence-electron chi connectivity index (χ0n) is 16.6. The molecule has 2 N–H and O–H groups in total. The van der Waals surface area contributed by atoms with Crippen molar-refractivity contribution < 1.29 is 28.8 Å². The Morgan fingerprint density at radius 3 is 2.42 bits per heavy atom. The van der Waals surface area contributed by atoms with Crippen LogP contribution in [0.3, 0.4) is 0 Å². The number of rotatable bonds is 8. The van der Waals surface area contributed by atoms with Crippen LogP contribution in [0.5, 0.6) is 5.75 Å². The molecule has 31 heavy (non-hydrogen) atoms. The molecule has 0 aliphatic rings. The molecule has 0 heterocycles. The lowest BCUT2D eigenvalue weighted by Gasteiger charge is -2.15. The van der Waals surface area contributed by atoms with E-state index in [0.29, 0.717) is 5.69 Å². The summed E-state index contributed by atoms with van der Waals surface area (Å²) in [6, 6.07) is 11.1. The first kappa shape index (κ1) is 22.8. The fraction of sp³-hybridized carbons (Fsp3) is 0.200. The molecule has 0 spiro atoms. The minimum Gasteiger partial charge on any atom is -0.495 e. The molecule has 0 saturated carbocycles. The Labute approximate surface area is 176 Å². The molecule has 160 valence electrons. The molecular formula is C20H18N4O7. The summed E-state index contributed by atoms with van der Waals surface area (Å²) in [4.78, 5) is 46.4. The summed E-state index contributed by atoms with van der Waals surface area (Å²) in [5.41, 5.74) is 0.330. The van der Waals surface area contributed by atoms with Crippen LogP contribution >= 0.6 is 0 Å². The van der Waals surface area contributed by atoms with E-state index in [-0.39, 0.29) is 29.1 Å². The number of benzene rings is 2. The fourth-order valence-electron chi connectivity index (χ4n) is 2.39. The van der Waals surface area contributed by atoms with Crippen molar-refractivity contribution in [2.45, 2.75) is 19.4 Å². The summed E-state index contributed by atoms with van der Waals surface area (Å²) >= 11 is 0. The lowest BCUT2D eigenvalue weighted by molar-refractivity contribution is -0.384. The third kappa shape index (κ3) is 6.26. The molecule has 0 aliphatic heterocycles. The lowest BCUT2D eigenvalue weighted by Crippen LogP contribution is -2.30. The van der Waals surface area contributed by atoms with E-state index in [0.717, 1.165) is 6.07 Å². The smallest absolute Gasteiger partial charge is 0.338 e. The Balaban J connectivity index is 2.02. The summed E-state index contributed by atoms with van der Waals surface area (Å²) in [5, 5.41) is 24.3. The van der Waals surface area contributed by atoms with Crippen LogP contribution in [0.4, 0.5) is 17.1 Å². The van der Waals surface area contributed by atoms with E-state index < -0.39 is 28.8 Å². The number of nitrogens with zero attached hydrogens (tertiary/aromatic N) is 2. The minimum absolute atomic E-state index is 0.0575. The molecule has 2 aromatic carbocycles. The topological polar surface area (TPSA) is 161 Å². The number of methoxy groups -OCH3 is 1. The highest BCUT2D eigenvalue weighted by Gasteiger charge is 2.21. The molecule has 2 rings (SSSR count). The molecule has 0 aromatic heterocycles. The average Bonchev–Trinajstić information content (AvgIpc) is 2.74. The van der Waals surface area contributed by atoms with Gasteiger partial charge in [-0.05, 0) is 37.3 Å². The van der Waals surface area contributed by atoms with Crippen molar-refractivity contribution >= 4 is 34.8 Å². The number of nitriles is 1. The maximum atomic E-state index is 12.4. The SMILES string of the molecule is COc1ccc([N+](=O)[O-])cc1NC(=O)C(C)OC(=O)c1ccc(NC(=O)CC#N)cc1. The molecule has 0 saturated heterocycles. The zero-order chi connectivity index (χ0) is 23.0. The number of nitrogens with one attached hydrogen (secondary N) is 2. The maximum absolute atomic E-state index is 12.4. The Morgan fingerprint density at radius 2 is 1.84 bits per heavy atom. The van der Waals surface area contributed by atoms with E-state index in [4.69, 9.17) is 14.7 Å². The van der Waals surface area contributed by atoms with Gasteiger partial charge in [-0.2, -0.15) is 5.26 Å². The second-order valence-electron chi connectivity index (χ2n) is 6.14. The summed E-state index contributed by atoms with van der Waals surface area (Å²) in [6.07, 6.45) is -1.52. The Hall–Kier alpha value is -4.46. The largest absolute Gasteiger partial charge is 0.495 e. The summed E-state index contributed by atoms with van der Waals surface area (Å²) in [6.45, 7) is 1.34. The number of ether oxygens (including phenoxy) is 2. The first-order valence-corrected chi connectivity index (χ1v) is 8.86. The van der Waals surface area contributed by atoms with Crippen LogP contribution in [0.25, 0.3) is 0 Å². The van der Waals surface area contributed by atoms with Gasteiger partial charge in [0.05, 0.1) is 29.4 Å². The van der Waals surface area contributed by atoms with Crippen LogP contribution < -0.4 is 15.4 Å². The number of hydrogen-bond acceptors (Lipinski definition) is 8. The Bertz CT molecular complexity index is 1040. The molecule has 11 heteroatoms. The lowest BCUT2D eigenvalue weighted by atomic mass is 10.2. The number of carbonyl (C=O) groups excluding carboxylic acids is 3. The van der Waals surface area contributed by atoms with Gasteiger partial charge in [0.2, 0.25) is 5.91 Å². The number of esters is 1. The van der Waals surface area contributed by atoms with Gasteiger partial charge >= 0.3 is 5.97 Å². The van der Waals surface area contributed by atoms with Crippen LogP contribution in [0, 0.1) is 21.4 Å². The Morgan fingerprint density at radius 1 is 1.16 bits per heavy atom. The van der Waals surface area contributed by atoms with Crippen LogP contribution in [-0.2, 0) is 14.3 Å². The quantitative estimate of drug-likeness (QED) is 0.370. The second kappa shape index (κ2) is 10.4. The van der Waals surface area contributed by atoms with E-state index in [1.807, 2.05) is 0 Å². The minimum atomic E-state index is -1.22. The predicted octanol–water partition coefficient (Wildman–Crippen LogP) is 2.64. The van der Waals surface area contributed by atoms with E-state index >= 15 is 0 Å². The average molecular weight is 426 g/mol. The van der Waals surface area contributed by atoms with Crippen LogP contribution in [0.1, 0.15) is 23.7 Å². The van der Waals surface area contributed by atoms with E-state index in [2.05, 4.69) is 10.6 Å². The molecule has 0 fully saturated rings. The number of anilines is 2. The summed E-state index contributed by atoms with van der Waals surface area (Å²) in [7, 11) is 1.34. The third-order valence-corrected chi connectivity index (χ3v) is 3.95. The van der Waals surface area contributed by atoms with E-state index in [1.54, 1.807) is 6.07 Å². The highest BCUT2D eigenvalue weighted by Crippen LogP contribution is 2.29. The van der Waals surface area contributed by atoms with E-state index in [1.165, 1.54) is 50.4 Å². The molecule has 1 atom stereocenters. The predicted molar refractivity (Wildman–Crippen MR) is 108 cm³/mol. The van der Waals surface area contributed by atoms with Gasteiger partial charge in [-0.25, -0.2) is 4.79 Å². The molecule has 0 radical (unpaired) electrons. The van der Waals surface area contributed by atoms with Crippen LogP contribution in [0.2, 0.25) is 0 Å². The molecule has 11 nitrogen and oxygen atoms in total. The first-order chi connectivity index (χ1) is 14.7. The van der Waals surface area contributed by atoms with Crippen LogP contribution in [-0.4, -0.2) is 35.9 Å². The van der Waals surface area contributed by atoms with Gasteiger partial charge in [-0.15, -0.1) is 0 Å². The van der Waals surface area contributed by atoms with Crippen molar-refractivity contribution in [3.05, 3.63) is 58.1 Å². The van der Waals surface area contributed by atoms with Crippen molar-refractivity contribution in [1.29, 1.82) is 5.26 Å². The van der Waals surface area contributed by atoms with Crippen molar-refractivity contribution in [2.24, 2.45) is 0 Å². The van der Waals surface area contributed by atoms with Crippen molar-refractivity contribution in [3.63, 3.8) is 0 Å². The summed E-state index contributed by atoms with van der Waals surface area (Å²) in [5.74, 6) is -1.79. The molecule has 2 aromatic rings. The standard InChI is InChI=1S/C20H18N4O7/c1-12(19(26)23-16-11-15(24(28)29)7-8-17(16)30-2)31-20(27)13-3-5-14(6-4-13)22-18(25)9-10-21/h3-8,11-12H,9H2,1-2H3,(H,22,25)(H,23,26). The van der Waals surface area contributed by atoms with Gasteiger partial charge < -0.3 is 20.1 Å². The number of amides is 2. The van der Waals surface area contributed by atoms with E-state index in [9.17, 15) is 24.5 Å². The van der Waals surface area contributed by atoms with Gasteiger partial charge in [-0.1, -0.05) is 0 Å². The normalized spacial score (nSPS) is 10.9. The summed E-state index contributed by atoms with van der Waals surface area (Å²) < 4.78 is 10.2. The number of carbonyl (C=O) groups is 3. The Kier molecular flexibility index (Phi) is 7.62. The number of hydrogen-bond donors (Lipinski definition) is 2. The molecule has 0 bridgehead atoms. The van der Waals surface area contributed by atoms with Crippen molar-refractivity contribution in [3.8, 4) is 11.8 Å². The van der Waals surface area contributed by atoms with Gasteiger partial charge in [-0.3, -0.25) is 19.7 Å². The monoisotopic (exact) mass is 426 g/mol. The highest BCUT2D eigenvalue weighted by molar-refractivity contribution is 5.98. The highest BCUT2D eigenvalue weighted by atomic mass is 16.6. The second-order valence-corrected chi connectivity index (χ2v) is 6.14. The van der Waals surface area contributed by atoms with Crippen molar-refractivity contribution in [2.75, 3.05) is 17.7 Å². The first-order valence-electron chi connectivity index (χ1n) is 8.86. The third-order valence-electron chi connectivity index (χ3n) is 3.95. The van der Waals surface area contributed by atoms with Gasteiger partial charge in [0.1, 0.15) is 12.2 Å². The van der Waals surface area contributed by atoms with Gasteiger partial charge in [0.15, 0.2) is 6.10 Å². The molecule has 2 amide bonds.